The summed E-state index contributed by atoms with van der Waals surface area (Å²) < 4.78 is 8.22. The third-order valence-electron chi connectivity index (χ3n) is 17.4. The molecule has 0 saturated carbocycles. The Bertz CT molecular complexity index is 4110. The minimum atomic E-state index is -0.149. The summed E-state index contributed by atoms with van der Waals surface area (Å²) in [6.45, 7) is 21.7. The highest BCUT2D eigenvalue weighted by molar-refractivity contribution is 7.27. The summed E-state index contributed by atoms with van der Waals surface area (Å²) in [5.41, 5.74) is 22.1. The normalized spacial score (nSPS) is 17.1. The Morgan fingerprint density at radius 1 is 0.529 bits per heavy atom. The maximum Gasteiger partial charge on any atom is 0.333 e. The molecule has 0 radical (unpaired) electrons. The van der Waals surface area contributed by atoms with Crippen molar-refractivity contribution in [3.63, 3.8) is 0 Å². The third-order valence-corrected chi connectivity index (χ3v) is 19.7. The van der Waals surface area contributed by atoms with E-state index in [9.17, 15) is 0 Å². The Morgan fingerprint density at radius 2 is 1.21 bits per heavy atom. The van der Waals surface area contributed by atoms with E-state index in [4.69, 9.17) is 0 Å². The molecule has 3 aromatic heterocycles. The van der Waals surface area contributed by atoms with Gasteiger partial charge in [0.15, 0.2) is 0 Å². The van der Waals surface area contributed by atoms with Gasteiger partial charge in [-0.1, -0.05) is 141 Å². The van der Waals surface area contributed by atoms with E-state index in [1.807, 2.05) is 22.7 Å². The highest BCUT2D eigenvalue weighted by Gasteiger charge is 2.48. The van der Waals surface area contributed by atoms with Gasteiger partial charge in [0, 0.05) is 79.2 Å². The van der Waals surface area contributed by atoms with E-state index in [1.165, 1.54) is 153 Å². The summed E-state index contributed by atoms with van der Waals surface area (Å²) in [6, 6.07) is 52.9. The number of hydrogen-bond donors (Lipinski definition) is 0. The zero-order chi connectivity index (χ0) is 46.1. The summed E-state index contributed by atoms with van der Waals surface area (Å²) >= 11 is 3.94. The van der Waals surface area contributed by atoms with Crippen molar-refractivity contribution in [1.82, 2.24) is 4.57 Å². The molecule has 0 N–H and O–H groups in total. The first-order valence-electron chi connectivity index (χ1n) is 24.7. The number of nitrogens with zero attached hydrogens (tertiary/aromatic N) is 2. The van der Waals surface area contributed by atoms with Crippen molar-refractivity contribution < 1.29 is 0 Å². The van der Waals surface area contributed by atoms with Crippen molar-refractivity contribution in [3.8, 4) is 27.9 Å². The predicted octanol–water partition coefficient (Wildman–Crippen LogP) is 16.7. The average Bonchev–Trinajstić information content (AvgIpc) is 4.05. The van der Waals surface area contributed by atoms with Crippen molar-refractivity contribution in [2.24, 2.45) is 0 Å². The van der Waals surface area contributed by atoms with Gasteiger partial charge in [-0.3, -0.25) is 0 Å². The fourth-order valence-corrected chi connectivity index (χ4v) is 16.0. The van der Waals surface area contributed by atoms with E-state index in [2.05, 4.69) is 205 Å². The standard InChI is InChI=1S/C63H53BN2S2/c1-60(2,3)34-22-24-35(25-23-34)66-49-33-53-40(37-17-11-14-20-51(37)67-53)28-41(49)54-55-38-18-12-15-21-52(38)68-59(55)56-42-29-45-46(62(6,7)27-26-61(45,4)5)32-48(42)65-50-31-44-39(30-47(50)64(66)57(54)58(56)65)36-16-10-13-19-43(36)63(44,8)9/h10-25,28-33H,26-27H2,1-9H3. The van der Waals surface area contributed by atoms with Gasteiger partial charge in [-0.2, -0.15) is 0 Å². The predicted molar refractivity (Wildman–Crippen MR) is 297 cm³/mol. The fourth-order valence-electron chi connectivity index (χ4n) is 13.7. The van der Waals surface area contributed by atoms with E-state index >= 15 is 0 Å². The van der Waals surface area contributed by atoms with Gasteiger partial charge in [-0.25, -0.2) is 0 Å². The van der Waals surface area contributed by atoms with Crippen molar-refractivity contribution in [3.05, 3.63) is 161 Å². The molecular formula is C63H53BN2S2. The van der Waals surface area contributed by atoms with Gasteiger partial charge < -0.3 is 9.38 Å². The van der Waals surface area contributed by atoms with Gasteiger partial charge in [0.1, 0.15) is 0 Å². The van der Waals surface area contributed by atoms with Crippen LogP contribution in [0, 0.1) is 0 Å². The molecule has 0 unspecified atom stereocenters. The summed E-state index contributed by atoms with van der Waals surface area (Å²) in [7, 11) is 0. The minimum Gasteiger partial charge on any atom is -0.376 e. The summed E-state index contributed by atoms with van der Waals surface area (Å²) in [5, 5.41) is 8.27. The molecule has 2 aliphatic carbocycles. The summed E-state index contributed by atoms with van der Waals surface area (Å²) in [6.07, 6.45) is 2.36. The van der Waals surface area contributed by atoms with Crippen molar-refractivity contribution in [1.29, 1.82) is 0 Å². The second kappa shape index (κ2) is 12.7. The van der Waals surface area contributed by atoms with Crippen LogP contribution in [0.25, 0.3) is 90.1 Å². The molecule has 0 spiro atoms. The third kappa shape index (κ3) is 4.89. The van der Waals surface area contributed by atoms with Crippen molar-refractivity contribution >= 4 is 114 Å². The topological polar surface area (TPSA) is 8.17 Å². The van der Waals surface area contributed by atoms with Crippen LogP contribution < -0.4 is 15.7 Å². The first-order chi connectivity index (χ1) is 32.6. The largest absolute Gasteiger partial charge is 0.376 e. The molecule has 15 rings (SSSR count). The average molecular weight is 913 g/mol. The number of rotatable bonds is 1. The number of thiophene rings is 2. The number of fused-ring (bicyclic) bond motifs is 20. The zero-order valence-corrected chi connectivity index (χ0v) is 42.0. The van der Waals surface area contributed by atoms with Crippen LogP contribution in [-0.4, -0.2) is 11.4 Å². The maximum atomic E-state index is 2.78. The SMILES string of the molecule is CC(C)(C)c1ccc(N2B3c4cc5c(cc4-n4c6cc7c(cc6c6c8sc9ccccc9c8c(c3c64)-c3cc4c(cc32)sc2ccccc24)C(C)(C)CCC7(C)C)C(C)(C)c2ccccc2-5)cc1. The molecule has 0 atom stereocenters. The molecular weight excluding hydrogens is 860 g/mol. The molecule has 2 aliphatic heterocycles. The Kier molecular flexibility index (Phi) is 7.46. The van der Waals surface area contributed by atoms with E-state index in [1.54, 1.807) is 0 Å². The lowest BCUT2D eigenvalue weighted by Crippen LogP contribution is -2.60. The van der Waals surface area contributed by atoms with Crippen LogP contribution >= 0.6 is 22.7 Å². The quantitative estimate of drug-likeness (QED) is 0.149. The van der Waals surface area contributed by atoms with Gasteiger partial charge in [-0.15, -0.1) is 22.7 Å². The molecule has 0 fully saturated rings. The highest BCUT2D eigenvalue weighted by Crippen LogP contribution is 2.57. The van der Waals surface area contributed by atoms with Crippen LogP contribution in [0.5, 0.6) is 0 Å². The van der Waals surface area contributed by atoms with Crippen LogP contribution in [-0.2, 0) is 21.7 Å². The lowest BCUT2D eigenvalue weighted by molar-refractivity contribution is 0.332. The number of anilines is 2. The van der Waals surface area contributed by atoms with Crippen molar-refractivity contribution in [2.45, 2.75) is 96.8 Å². The smallest absolute Gasteiger partial charge is 0.333 e. The van der Waals surface area contributed by atoms with E-state index in [-0.39, 0.29) is 28.5 Å². The Hall–Kier alpha value is -6.14. The van der Waals surface area contributed by atoms with Crippen LogP contribution in [0.15, 0.2) is 133 Å². The van der Waals surface area contributed by atoms with Gasteiger partial charge in [-0.05, 0) is 139 Å². The molecule has 2 nitrogen and oxygen atoms in total. The van der Waals surface area contributed by atoms with Crippen LogP contribution in [0.1, 0.15) is 103 Å². The molecule has 8 aromatic carbocycles. The molecule has 5 heteroatoms. The monoisotopic (exact) mass is 912 g/mol. The summed E-state index contributed by atoms with van der Waals surface area (Å²) in [5.74, 6) is 0. The van der Waals surface area contributed by atoms with Gasteiger partial charge in [0.2, 0.25) is 0 Å². The van der Waals surface area contributed by atoms with E-state index in [0.717, 1.165) is 0 Å². The molecule has 4 aliphatic rings. The first-order valence-corrected chi connectivity index (χ1v) is 26.4. The Morgan fingerprint density at radius 3 is 1.96 bits per heavy atom. The van der Waals surface area contributed by atoms with Crippen LogP contribution in [0.2, 0.25) is 0 Å². The molecule has 5 heterocycles. The Balaban J connectivity index is 1.20. The van der Waals surface area contributed by atoms with Crippen molar-refractivity contribution in [2.75, 3.05) is 4.81 Å². The number of hydrogen-bond acceptors (Lipinski definition) is 3. The summed E-state index contributed by atoms with van der Waals surface area (Å²) in [4.78, 5) is 2.77. The lowest BCUT2D eigenvalue weighted by Gasteiger charge is -2.43. The molecule has 11 aromatic rings. The molecule has 0 bridgehead atoms. The zero-order valence-electron chi connectivity index (χ0n) is 40.4. The molecule has 330 valence electrons. The van der Waals surface area contributed by atoms with Crippen LogP contribution in [0.3, 0.4) is 0 Å². The molecule has 0 saturated heterocycles. The fraction of sp³-hybridized carbons (Fsp3) is 0.238. The van der Waals surface area contributed by atoms with Gasteiger partial charge in [0.05, 0.1) is 11.0 Å². The molecule has 0 amide bonds. The first kappa shape index (κ1) is 39.8. The van der Waals surface area contributed by atoms with E-state index < -0.39 is 0 Å². The number of aromatic nitrogens is 1. The van der Waals surface area contributed by atoms with Gasteiger partial charge in [0.25, 0.3) is 0 Å². The highest BCUT2D eigenvalue weighted by atomic mass is 32.1. The number of benzene rings is 8. The van der Waals surface area contributed by atoms with Gasteiger partial charge >= 0.3 is 6.85 Å². The second-order valence-electron chi connectivity index (χ2n) is 23.5. The van der Waals surface area contributed by atoms with Crippen LogP contribution in [0.4, 0.5) is 11.4 Å². The molecule has 68 heavy (non-hydrogen) atoms. The second-order valence-corrected chi connectivity index (χ2v) is 25.6. The minimum absolute atomic E-state index is 0.0351. The van der Waals surface area contributed by atoms with E-state index in [0.29, 0.717) is 0 Å². The Labute approximate surface area is 407 Å². The lowest BCUT2D eigenvalue weighted by atomic mass is 9.43. The maximum absolute atomic E-state index is 2.78.